The summed E-state index contributed by atoms with van der Waals surface area (Å²) in [6.45, 7) is 0.166. The second kappa shape index (κ2) is 6.88. The molecule has 0 unspecified atom stereocenters. The van der Waals surface area contributed by atoms with Crippen LogP contribution in [-0.4, -0.2) is 31.0 Å². The molecule has 0 bridgehead atoms. The molecule has 0 spiro atoms. The number of fused-ring (bicyclic) bond motifs is 3. The first-order chi connectivity index (χ1) is 15.5. The van der Waals surface area contributed by atoms with Gasteiger partial charge in [-0.1, -0.05) is 54.6 Å². The highest BCUT2D eigenvalue weighted by Crippen LogP contribution is 2.41. The predicted molar refractivity (Wildman–Crippen MR) is 118 cm³/mol. The zero-order valence-corrected chi connectivity index (χ0v) is 17.2. The number of aromatic amines is 1. The van der Waals surface area contributed by atoms with E-state index in [2.05, 4.69) is 10.2 Å². The van der Waals surface area contributed by atoms with Gasteiger partial charge in [0, 0.05) is 16.7 Å². The largest absolute Gasteiger partial charge is 0.468 e. The third-order valence-electron chi connectivity index (χ3n) is 6.31. The molecule has 8 heteroatoms. The van der Waals surface area contributed by atoms with E-state index in [0.717, 1.165) is 27.9 Å². The summed E-state index contributed by atoms with van der Waals surface area (Å²) in [5, 5.41) is 16.2. The van der Waals surface area contributed by atoms with Crippen molar-refractivity contribution in [3.8, 4) is 34.0 Å². The summed E-state index contributed by atoms with van der Waals surface area (Å²) >= 11 is 0. The van der Waals surface area contributed by atoms with Gasteiger partial charge >= 0.3 is 5.69 Å². The highest BCUT2D eigenvalue weighted by Gasteiger charge is 2.41. The fraction of sp³-hybridized carbons (Fsp3) is 0.208. The molecule has 0 atom stereocenters. The quantitative estimate of drug-likeness (QED) is 0.462. The van der Waals surface area contributed by atoms with Crippen molar-refractivity contribution in [1.82, 2.24) is 19.7 Å². The number of hydrogen-bond donors (Lipinski definition) is 3. The lowest BCUT2D eigenvalue weighted by Crippen LogP contribution is -2.51. The Labute approximate surface area is 183 Å². The van der Waals surface area contributed by atoms with Gasteiger partial charge in [-0.25, -0.2) is 19.4 Å². The third-order valence-corrected chi connectivity index (χ3v) is 6.31. The Morgan fingerprint density at radius 3 is 2.56 bits per heavy atom. The van der Waals surface area contributed by atoms with Crippen molar-refractivity contribution in [2.75, 3.05) is 0 Å². The van der Waals surface area contributed by atoms with E-state index >= 15 is 0 Å². The smallest absolute Gasteiger partial charge is 0.348 e. The van der Waals surface area contributed by atoms with Gasteiger partial charge in [0.05, 0.1) is 11.8 Å². The molecule has 8 nitrogen and oxygen atoms in total. The van der Waals surface area contributed by atoms with Crippen LogP contribution in [0.1, 0.15) is 24.2 Å². The van der Waals surface area contributed by atoms with Gasteiger partial charge in [-0.05, 0) is 30.0 Å². The van der Waals surface area contributed by atoms with Gasteiger partial charge < -0.3 is 15.6 Å². The fourth-order valence-electron chi connectivity index (χ4n) is 4.59. The van der Waals surface area contributed by atoms with Crippen LogP contribution in [0.3, 0.4) is 0 Å². The number of ether oxygens (including phenoxy) is 1. The van der Waals surface area contributed by atoms with Crippen molar-refractivity contribution in [3.63, 3.8) is 0 Å². The number of nitrogens with two attached hydrogens (primary N) is 1. The molecule has 0 radical (unpaired) electrons. The zero-order valence-electron chi connectivity index (χ0n) is 17.2. The Morgan fingerprint density at radius 2 is 1.84 bits per heavy atom. The summed E-state index contributed by atoms with van der Waals surface area (Å²) in [6.07, 6.45) is 0.794. The Hall–Kier alpha value is -3.75. The minimum Gasteiger partial charge on any atom is -0.468 e. The predicted octanol–water partition coefficient (Wildman–Crippen LogP) is 2.49. The van der Waals surface area contributed by atoms with Crippen LogP contribution < -0.4 is 16.2 Å². The van der Waals surface area contributed by atoms with Crippen LogP contribution in [0.4, 0.5) is 0 Å². The average molecular weight is 427 g/mol. The Kier molecular flexibility index (Phi) is 4.08. The topological polar surface area (TPSA) is 119 Å². The number of H-pyrrole nitrogens is 1. The van der Waals surface area contributed by atoms with Gasteiger partial charge in [0.15, 0.2) is 12.4 Å². The third kappa shape index (κ3) is 2.88. The fourth-order valence-corrected chi connectivity index (χ4v) is 4.59. The highest BCUT2D eigenvalue weighted by atomic mass is 16.5. The van der Waals surface area contributed by atoms with E-state index in [0.29, 0.717) is 30.2 Å². The van der Waals surface area contributed by atoms with Gasteiger partial charge in [-0.15, -0.1) is 0 Å². The van der Waals surface area contributed by atoms with E-state index in [1.54, 1.807) is 0 Å². The number of pyridine rings is 1. The zero-order chi connectivity index (χ0) is 21.9. The summed E-state index contributed by atoms with van der Waals surface area (Å²) in [6, 6.07) is 19.8. The SMILES string of the molecule is NC1(c2ccc(-c3nc4c(cc3-c3ccccc3)-n3c(n[nH]c3=O)CO4)cc2)CC(O)C1. The maximum atomic E-state index is 12.3. The molecule has 2 aromatic carbocycles. The Bertz CT molecular complexity index is 1370. The van der Waals surface area contributed by atoms with Crippen LogP contribution in [0.15, 0.2) is 65.5 Å². The molecular formula is C24H21N5O3. The number of hydrogen-bond acceptors (Lipinski definition) is 6. The second-order valence-electron chi connectivity index (χ2n) is 8.44. The van der Waals surface area contributed by atoms with E-state index in [4.69, 9.17) is 15.5 Å². The standard InChI is InChI=1S/C24H21N5O3/c25-24(11-17(30)12-24)16-8-6-15(7-9-16)21-18(14-4-2-1-3-5-14)10-19-22(26-21)32-13-20-27-28-23(31)29(19)20/h1-10,17,30H,11-13,25H2,(H,28,31). The summed E-state index contributed by atoms with van der Waals surface area (Å²) in [7, 11) is 0. The number of rotatable bonds is 3. The van der Waals surface area contributed by atoms with Crippen LogP contribution in [-0.2, 0) is 12.1 Å². The van der Waals surface area contributed by atoms with Crippen molar-refractivity contribution in [2.45, 2.75) is 31.1 Å². The molecule has 6 rings (SSSR count). The molecule has 1 saturated carbocycles. The molecule has 4 N–H and O–H groups in total. The first-order valence-corrected chi connectivity index (χ1v) is 10.5. The van der Waals surface area contributed by atoms with Crippen molar-refractivity contribution < 1.29 is 9.84 Å². The van der Waals surface area contributed by atoms with E-state index in [1.807, 2.05) is 60.7 Å². The number of aliphatic hydroxyl groups is 1. The van der Waals surface area contributed by atoms with Crippen molar-refractivity contribution in [2.24, 2.45) is 5.73 Å². The number of aromatic nitrogens is 4. The van der Waals surface area contributed by atoms with Crippen molar-refractivity contribution in [3.05, 3.63) is 82.5 Å². The highest BCUT2D eigenvalue weighted by molar-refractivity contribution is 5.83. The first-order valence-electron chi connectivity index (χ1n) is 10.5. The second-order valence-corrected chi connectivity index (χ2v) is 8.44. The van der Waals surface area contributed by atoms with Crippen LogP contribution in [0, 0.1) is 0 Å². The number of aliphatic hydroxyl groups excluding tert-OH is 1. The summed E-state index contributed by atoms with van der Waals surface area (Å²) in [5.74, 6) is 0.897. The van der Waals surface area contributed by atoms with Gasteiger partial charge in [0.1, 0.15) is 5.69 Å². The molecule has 160 valence electrons. The van der Waals surface area contributed by atoms with E-state index in [-0.39, 0.29) is 18.4 Å². The van der Waals surface area contributed by atoms with E-state index < -0.39 is 5.54 Å². The van der Waals surface area contributed by atoms with Crippen molar-refractivity contribution >= 4 is 0 Å². The molecule has 0 amide bonds. The lowest BCUT2D eigenvalue weighted by molar-refractivity contribution is 0.0209. The number of nitrogens with one attached hydrogen (secondary N) is 1. The van der Waals surface area contributed by atoms with E-state index in [1.165, 1.54) is 4.57 Å². The van der Waals surface area contributed by atoms with Crippen LogP contribution in [0.5, 0.6) is 5.88 Å². The molecule has 2 aromatic heterocycles. The molecule has 1 aliphatic heterocycles. The maximum absolute atomic E-state index is 12.3. The minimum absolute atomic E-state index is 0.166. The van der Waals surface area contributed by atoms with Gasteiger partial charge in [-0.2, -0.15) is 5.10 Å². The molecule has 2 aliphatic rings. The molecule has 4 aromatic rings. The molecule has 32 heavy (non-hydrogen) atoms. The van der Waals surface area contributed by atoms with Crippen LogP contribution in [0.25, 0.3) is 28.1 Å². The van der Waals surface area contributed by atoms with Gasteiger partial charge in [0.2, 0.25) is 5.88 Å². The Balaban J connectivity index is 1.51. The minimum atomic E-state index is -0.481. The summed E-state index contributed by atoms with van der Waals surface area (Å²) in [4.78, 5) is 17.2. The maximum Gasteiger partial charge on any atom is 0.348 e. The van der Waals surface area contributed by atoms with Crippen LogP contribution >= 0.6 is 0 Å². The lowest BCUT2D eigenvalue weighted by atomic mass is 9.70. The van der Waals surface area contributed by atoms with Gasteiger partial charge in [-0.3, -0.25) is 0 Å². The monoisotopic (exact) mass is 427 g/mol. The summed E-state index contributed by atoms with van der Waals surface area (Å²) < 4.78 is 7.34. The van der Waals surface area contributed by atoms with E-state index in [9.17, 15) is 9.90 Å². The summed E-state index contributed by atoms with van der Waals surface area (Å²) in [5.41, 5.74) is 10.7. The number of benzene rings is 2. The normalized spacial score (nSPS) is 21.2. The lowest BCUT2D eigenvalue weighted by Gasteiger charge is -2.42. The molecule has 1 fully saturated rings. The van der Waals surface area contributed by atoms with Crippen molar-refractivity contribution in [1.29, 1.82) is 0 Å². The van der Waals surface area contributed by atoms with Crippen LogP contribution in [0.2, 0.25) is 0 Å². The number of nitrogens with zero attached hydrogens (tertiary/aromatic N) is 3. The molecule has 3 heterocycles. The average Bonchev–Trinajstić information content (AvgIpc) is 3.19. The first kappa shape index (κ1) is 19.0. The molecular weight excluding hydrogens is 406 g/mol. The Morgan fingerprint density at radius 1 is 1.09 bits per heavy atom. The molecule has 1 aliphatic carbocycles. The van der Waals surface area contributed by atoms with Gasteiger partial charge in [0.25, 0.3) is 0 Å². The molecule has 0 saturated heterocycles.